The lowest BCUT2D eigenvalue weighted by molar-refractivity contribution is -0.131. The van der Waals surface area contributed by atoms with E-state index in [4.69, 9.17) is 9.84 Å². The molecule has 1 aromatic carbocycles. The number of benzene rings is 1. The lowest BCUT2D eigenvalue weighted by atomic mass is 10.2. The van der Waals surface area contributed by atoms with Crippen LogP contribution in [0, 0.1) is 0 Å². The quantitative estimate of drug-likeness (QED) is 0.829. The fourth-order valence-corrected chi connectivity index (χ4v) is 1.47. The number of carbonyl (C=O) groups is 1. The topological polar surface area (TPSA) is 66.8 Å². The second kappa shape index (κ2) is 4.84. The number of halogens is 1. The normalized spacial score (nSPS) is 10.5. The number of carboxylic acid groups (broad SMARTS) is 1. The van der Waals surface area contributed by atoms with Crippen LogP contribution in [-0.2, 0) is 4.79 Å². The summed E-state index contributed by atoms with van der Waals surface area (Å²) in [5.74, 6) is -0.753. The molecule has 5 heteroatoms. The molecule has 0 saturated carbocycles. The van der Waals surface area contributed by atoms with E-state index in [0.717, 1.165) is 6.08 Å². The zero-order chi connectivity index (χ0) is 11.4. The van der Waals surface area contributed by atoms with Crippen molar-refractivity contribution in [2.24, 2.45) is 0 Å². The molecular weight excluding hydrogens is 264 g/mol. The monoisotopic (exact) mass is 272 g/mol. The van der Waals surface area contributed by atoms with Gasteiger partial charge in [0.05, 0.1) is 7.11 Å². The molecule has 0 aliphatic carbocycles. The first-order chi connectivity index (χ1) is 7.04. The van der Waals surface area contributed by atoms with Gasteiger partial charge in [-0.2, -0.15) is 0 Å². The average Bonchev–Trinajstić information content (AvgIpc) is 2.18. The van der Waals surface area contributed by atoms with E-state index in [9.17, 15) is 9.90 Å². The van der Waals surface area contributed by atoms with Gasteiger partial charge in [0.2, 0.25) is 0 Å². The van der Waals surface area contributed by atoms with E-state index in [1.54, 1.807) is 6.07 Å². The molecule has 2 N–H and O–H groups in total. The third kappa shape index (κ3) is 2.99. The van der Waals surface area contributed by atoms with Crippen molar-refractivity contribution in [1.29, 1.82) is 0 Å². The Bertz CT molecular complexity index is 412. The molecular formula is C10H9BrO4. The molecule has 0 spiro atoms. The van der Waals surface area contributed by atoms with Crippen molar-refractivity contribution in [2.45, 2.75) is 0 Å². The maximum atomic E-state index is 10.3. The van der Waals surface area contributed by atoms with Crippen LogP contribution < -0.4 is 4.74 Å². The van der Waals surface area contributed by atoms with Crippen LogP contribution in [0.3, 0.4) is 0 Å². The van der Waals surface area contributed by atoms with Crippen molar-refractivity contribution in [1.82, 2.24) is 0 Å². The van der Waals surface area contributed by atoms with Gasteiger partial charge in [-0.15, -0.1) is 0 Å². The lowest BCUT2D eigenvalue weighted by Gasteiger charge is -2.05. The highest BCUT2D eigenvalue weighted by Gasteiger charge is 2.05. The first kappa shape index (κ1) is 11.6. The number of phenols is 1. The summed E-state index contributed by atoms with van der Waals surface area (Å²) in [6.45, 7) is 0. The number of hydrogen-bond donors (Lipinski definition) is 2. The summed E-state index contributed by atoms with van der Waals surface area (Å²) in [4.78, 5) is 10.3. The molecule has 0 aliphatic rings. The van der Waals surface area contributed by atoms with Gasteiger partial charge < -0.3 is 14.9 Å². The number of aromatic hydroxyl groups is 1. The molecule has 0 atom stereocenters. The molecule has 0 amide bonds. The van der Waals surface area contributed by atoms with Gasteiger partial charge in [-0.05, 0) is 23.8 Å². The molecule has 80 valence electrons. The average molecular weight is 273 g/mol. The number of carboxylic acids is 1. The zero-order valence-electron chi connectivity index (χ0n) is 7.90. The molecule has 0 aromatic heterocycles. The Morgan fingerprint density at radius 2 is 2.20 bits per heavy atom. The Morgan fingerprint density at radius 1 is 1.53 bits per heavy atom. The largest absolute Gasteiger partial charge is 0.504 e. The Kier molecular flexibility index (Phi) is 3.74. The first-order valence-electron chi connectivity index (χ1n) is 4.02. The van der Waals surface area contributed by atoms with Crippen molar-refractivity contribution in [3.8, 4) is 11.5 Å². The summed E-state index contributed by atoms with van der Waals surface area (Å²) >= 11 is 3.24. The molecule has 0 unspecified atom stereocenters. The molecule has 1 aromatic rings. The summed E-state index contributed by atoms with van der Waals surface area (Å²) in [5, 5.41) is 17.9. The molecule has 15 heavy (non-hydrogen) atoms. The highest BCUT2D eigenvalue weighted by Crippen LogP contribution is 2.32. The lowest BCUT2D eigenvalue weighted by Crippen LogP contribution is -1.88. The van der Waals surface area contributed by atoms with Crippen LogP contribution in [0.4, 0.5) is 0 Å². The van der Waals surface area contributed by atoms with Crippen molar-refractivity contribution in [3.05, 3.63) is 28.2 Å². The standard InChI is InChI=1S/C10H9BrO4/c1-15-9-5-7(11)6(4-8(9)12)2-3-10(13)14/h2-5,12H,1H3,(H,13,14). The van der Waals surface area contributed by atoms with Crippen LogP contribution >= 0.6 is 15.9 Å². The third-order valence-corrected chi connectivity index (χ3v) is 2.39. The van der Waals surface area contributed by atoms with E-state index >= 15 is 0 Å². The summed E-state index contributed by atoms with van der Waals surface area (Å²) in [6, 6.07) is 2.99. The third-order valence-electron chi connectivity index (χ3n) is 1.70. The van der Waals surface area contributed by atoms with Crippen molar-refractivity contribution >= 4 is 28.0 Å². The van der Waals surface area contributed by atoms with E-state index in [1.165, 1.54) is 19.3 Å². The number of aliphatic carboxylic acids is 1. The first-order valence-corrected chi connectivity index (χ1v) is 4.81. The van der Waals surface area contributed by atoms with E-state index in [0.29, 0.717) is 15.8 Å². The summed E-state index contributed by atoms with van der Waals surface area (Å²) < 4.78 is 5.53. The van der Waals surface area contributed by atoms with Crippen LogP contribution in [0.1, 0.15) is 5.56 Å². The highest BCUT2D eigenvalue weighted by atomic mass is 79.9. The SMILES string of the molecule is COc1cc(Br)c(C=CC(=O)O)cc1O. The fraction of sp³-hybridized carbons (Fsp3) is 0.100. The van der Waals surface area contributed by atoms with Crippen LogP contribution in [-0.4, -0.2) is 23.3 Å². The number of rotatable bonds is 3. The second-order valence-corrected chi connectivity index (χ2v) is 3.57. The maximum absolute atomic E-state index is 10.3. The van der Waals surface area contributed by atoms with Gasteiger partial charge >= 0.3 is 5.97 Å². The Balaban J connectivity index is 3.10. The maximum Gasteiger partial charge on any atom is 0.328 e. The van der Waals surface area contributed by atoms with Crippen LogP contribution in [0.5, 0.6) is 11.5 Å². The van der Waals surface area contributed by atoms with Gasteiger partial charge in [0.15, 0.2) is 11.5 Å². The predicted octanol–water partition coefficient (Wildman–Crippen LogP) is 2.26. The summed E-state index contributed by atoms with van der Waals surface area (Å²) in [6.07, 6.45) is 2.37. The predicted molar refractivity (Wildman–Crippen MR) is 59.0 cm³/mol. The minimum atomic E-state index is -1.04. The number of ether oxygens (including phenoxy) is 1. The second-order valence-electron chi connectivity index (χ2n) is 2.72. The molecule has 1 rings (SSSR count). The Hall–Kier alpha value is -1.49. The van der Waals surface area contributed by atoms with Crippen LogP contribution in [0.25, 0.3) is 6.08 Å². The summed E-state index contributed by atoms with van der Waals surface area (Å²) in [5.41, 5.74) is 0.565. The van der Waals surface area contributed by atoms with Crippen molar-refractivity contribution in [2.75, 3.05) is 7.11 Å². The number of phenolic OH excluding ortho intramolecular Hbond substituents is 1. The van der Waals surface area contributed by atoms with Crippen LogP contribution in [0.15, 0.2) is 22.7 Å². The minimum Gasteiger partial charge on any atom is -0.504 e. The van der Waals surface area contributed by atoms with Crippen molar-refractivity contribution in [3.63, 3.8) is 0 Å². The van der Waals surface area contributed by atoms with Gasteiger partial charge in [0, 0.05) is 10.5 Å². The van der Waals surface area contributed by atoms with Gasteiger partial charge in [0.1, 0.15) is 0 Å². The smallest absolute Gasteiger partial charge is 0.328 e. The van der Waals surface area contributed by atoms with E-state index in [2.05, 4.69) is 15.9 Å². The van der Waals surface area contributed by atoms with E-state index < -0.39 is 5.97 Å². The number of methoxy groups -OCH3 is 1. The van der Waals surface area contributed by atoms with E-state index in [-0.39, 0.29) is 5.75 Å². The van der Waals surface area contributed by atoms with Gasteiger partial charge in [-0.25, -0.2) is 4.79 Å². The van der Waals surface area contributed by atoms with E-state index in [1.807, 2.05) is 0 Å². The van der Waals surface area contributed by atoms with Gasteiger partial charge in [-0.1, -0.05) is 15.9 Å². The minimum absolute atomic E-state index is 0.0364. The molecule has 0 fully saturated rings. The van der Waals surface area contributed by atoms with Gasteiger partial charge in [0.25, 0.3) is 0 Å². The summed E-state index contributed by atoms with van der Waals surface area (Å²) in [7, 11) is 1.44. The Morgan fingerprint density at radius 3 is 2.73 bits per heavy atom. The van der Waals surface area contributed by atoms with Crippen LogP contribution in [0.2, 0.25) is 0 Å². The molecule has 0 heterocycles. The van der Waals surface area contributed by atoms with Crippen molar-refractivity contribution < 1.29 is 19.7 Å². The molecule has 4 nitrogen and oxygen atoms in total. The molecule has 0 saturated heterocycles. The Labute approximate surface area is 94.9 Å². The molecule has 0 aliphatic heterocycles. The molecule has 0 bridgehead atoms. The zero-order valence-corrected chi connectivity index (χ0v) is 9.48. The highest BCUT2D eigenvalue weighted by molar-refractivity contribution is 9.10. The van der Waals surface area contributed by atoms with Gasteiger partial charge in [-0.3, -0.25) is 0 Å². The fourth-order valence-electron chi connectivity index (χ4n) is 1.01. The number of hydrogen-bond acceptors (Lipinski definition) is 3. The molecule has 0 radical (unpaired) electrons.